The van der Waals surface area contributed by atoms with Crippen molar-refractivity contribution in [1.82, 2.24) is 10.2 Å². The summed E-state index contributed by atoms with van der Waals surface area (Å²) in [6.45, 7) is 2.40. The normalized spacial score (nSPS) is 11.7. The zero-order valence-electron chi connectivity index (χ0n) is 13.3. The van der Waals surface area contributed by atoms with Crippen molar-refractivity contribution < 1.29 is 9.59 Å². The number of amides is 2. The van der Waals surface area contributed by atoms with Crippen LogP contribution in [-0.2, 0) is 4.79 Å². The van der Waals surface area contributed by atoms with Gasteiger partial charge in [0, 0.05) is 40.3 Å². The number of nitrogen functional groups attached to an aromatic ring is 1. The molecular formula is C15H24N4O2. The van der Waals surface area contributed by atoms with Crippen molar-refractivity contribution in [2.45, 2.75) is 6.92 Å². The predicted molar refractivity (Wildman–Crippen MR) is 85.4 cm³/mol. The van der Waals surface area contributed by atoms with Crippen LogP contribution >= 0.6 is 0 Å². The van der Waals surface area contributed by atoms with Crippen molar-refractivity contribution in [3.05, 3.63) is 23.8 Å². The van der Waals surface area contributed by atoms with Crippen LogP contribution in [0.4, 0.5) is 11.4 Å². The molecule has 0 saturated heterocycles. The number of rotatable bonds is 5. The van der Waals surface area contributed by atoms with Crippen LogP contribution in [0.5, 0.6) is 0 Å². The Balaban J connectivity index is 2.89. The average Bonchev–Trinajstić information content (AvgIpc) is 2.44. The van der Waals surface area contributed by atoms with Crippen LogP contribution in [0, 0.1) is 5.92 Å². The fourth-order valence-corrected chi connectivity index (χ4v) is 2.13. The molecule has 1 unspecified atom stereocenters. The maximum Gasteiger partial charge on any atom is 0.253 e. The van der Waals surface area contributed by atoms with Gasteiger partial charge in [-0.25, -0.2) is 0 Å². The van der Waals surface area contributed by atoms with E-state index in [-0.39, 0.29) is 17.7 Å². The highest BCUT2D eigenvalue weighted by atomic mass is 16.2. The molecule has 0 aromatic heterocycles. The van der Waals surface area contributed by atoms with Gasteiger partial charge in [-0.2, -0.15) is 0 Å². The van der Waals surface area contributed by atoms with E-state index in [9.17, 15) is 9.59 Å². The summed E-state index contributed by atoms with van der Waals surface area (Å²) in [5.74, 6) is -0.253. The van der Waals surface area contributed by atoms with Crippen molar-refractivity contribution in [2.24, 2.45) is 5.92 Å². The fraction of sp³-hybridized carbons (Fsp3) is 0.467. The van der Waals surface area contributed by atoms with E-state index in [4.69, 9.17) is 5.73 Å². The van der Waals surface area contributed by atoms with Gasteiger partial charge in [0.25, 0.3) is 5.91 Å². The van der Waals surface area contributed by atoms with Crippen LogP contribution in [0.3, 0.4) is 0 Å². The Morgan fingerprint density at radius 3 is 2.38 bits per heavy atom. The monoisotopic (exact) mass is 292 g/mol. The number of hydrogen-bond acceptors (Lipinski definition) is 4. The number of nitrogens with one attached hydrogen (secondary N) is 1. The minimum atomic E-state index is -0.150. The molecule has 0 fully saturated rings. The lowest BCUT2D eigenvalue weighted by atomic mass is 10.1. The zero-order valence-corrected chi connectivity index (χ0v) is 13.3. The zero-order chi connectivity index (χ0) is 16.2. The molecule has 116 valence electrons. The van der Waals surface area contributed by atoms with Crippen molar-refractivity contribution in [3.63, 3.8) is 0 Å². The fourth-order valence-electron chi connectivity index (χ4n) is 2.13. The minimum Gasteiger partial charge on any atom is -0.397 e. The van der Waals surface area contributed by atoms with Gasteiger partial charge >= 0.3 is 0 Å². The van der Waals surface area contributed by atoms with Gasteiger partial charge in [0.1, 0.15) is 0 Å². The Morgan fingerprint density at radius 2 is 1.90 bits per heavy atom. The molecule has 0 aliphatic heterocycles. The number of nitrogens with two attached hydrogens (primary N) is 1. The summed E-state index contributed by atoms with van der Waals surface area (Å²) in [7, 11) is 6.89. The maximum atomic E-state index is 11.9. The topological polar surface area (TPSA) is 78.7 Å². The van der Waals surface area contributed by atoms with Crippen LogP contribution in [0.15, 0.2) is 18.2 Å². The van der Waals surface area contributed by atoms with Gasteiger partial charge in [0.2, 0.25) is 5.91 Å². The second-order valence-electron chi connectivity index (χ2n) is 5.37. The largest absolute Gasteiger partial charge is 0.397 e. The molecule has 1 aromatic rings. The summed E-state index contributed by atoms with van der Waals surface area (Å²) in [5.41, 5.74) is 7.91. The molecule has 0 bridgehead atoms. The third kappa shape index (κ3) is 4.11. The number of anilines is 2. The Labute approximate surface area is 125 Å². The van der Waals surface area contributed by atoms with E-state index in [0.29, 0.717) is 17.8 Å². The second kappa shape index (κ2) is 6.97. The molecule has 0 saturated carbocycles. The summed E-state index contributed by atoms with van der Waals surface area (Å²) < 4.78 is 0. The summed E-state index contributed by atoms with van der Waals surface area (Å²) in [6.07, 6.45) is 0. The number of carbonyl (C=O) groups excluding carboxylic acids is 2. The Hall–Kier alpha value is -2.24. The first-order chi connectivity index (χ1) is 9.77. The van der Waals surface area contributed by atoms with Gasteiger partial charge in [0.05, 0.1) is 17.3 Å². The van der Waals surface area contributed by atoms with Gasteiger partial charge in [-0.15, -0.1) is 0 Å². The first-order valence-electron chi connectivity index (χ1n) is 6.81. The molecule has 0 heterocycles. The molecular weight excluding hydrogens is 268 g/mol. The molecule has 1 rings (SSSR count). The number of nitrogens with zero attached hydrogens (tertiary/aromatic N) is 2. The van der Waals surface area contributed by atoms with Gasteiger partial charge in [0.15, 0.2) is 0 Å². The third-order valence-corrected chi connectivity index (χ3v) is 3.33. The van der Waals surface area contributed by atoms with Crippen molar-refractivity contribution in [2.75, 3.05) is 45.4 Å². The van der Waals surface area contributed by atoms with Gasteiger partial charge in [-0.1, -0.05) is 6.92 Å². The molecule has 1 aromatic carbocycles. The van der Waals surface area contributed by atoms with E-state index in [1.807, 2.05) is 24.9 Å². The van der Waals surface area contributed by atoms with Gasteiger partial charge in [-0.05, 0) is 18.2 Å². The van der Waals surface area contributed by atoms with Gasteiger partial charge < -0.3 is 20.9 Å². The molecule has 6 nitrogen and oxygen atoms in total. The van der Waals surface area contributed by atoms with Crippen molar-refractivity contribution in [1.29, 1.82) is 0 Å². The highest BCUT2D eigenvalue weighted by Gasteiger charge is 2.16. The lowest BCUT2D eigenvalue weighted by molar-refractivity contribution is -0.123. The highest BCUT2D eigenvalue weighted by Crippen LogP contribution is 2.24. The van der Waals surface area contributed by atoms with E-state index in [1.165, 1.54) is 4.90 Å². The summed E-state index contributed by atoms with van der Waals surface area (Å²) in [4.78, 5) is 26.9. The smallest absolute Gasteiger partial charge is 0.253 e. The molecule has 1 atom stereocenters. The van der Waals surface area contributed by atoms with Crippen LogP contribution in [0.1, 0.15) is 17.3 Å². The lowest BCUT2D eigenvalue weighted by Crippen LogP contribution is -2.34. The molecule has 0 spiro atoms. The number of carbonyl (C=O) groups is 2. The SMILES string of the molecule is CNC(=O)C(C)CN(C)c1ccc(C(=O)N(C)C)cc1N. The van der Waals surface area contributed by atoms with Gasteiger partial charge in [-0.3, -0.25) is 9.59 Å². The Morgan fingerprint density at radius 1 is 1.29 bits per heavy atom. The van der Waals surface area contributed by atoms with Crippen LogP contribution in [0.2, 0.25) is 0 Å². The lowest BCUT2D eigenvalue weighted by Gasteiger charge is -2.24. The Kier molecular flexibility index (Phi) is 5.58. The number of benzene rings is 1. The van der Waals surface area contributed by atoms with Crippen LogP contribution in [0.25, 0.3) is 0 Å². The highest BCUT2D eigenvalue weighted by molar-refractivity contribution is 5.95. The molecule has 6 heteroatoms. The number of hydrogen-bond donors (Lipinski definition) is 2. The first kappa shape index (κ1) is 16.8. The third-order valence-electron chi connectivity index (χ3n) is 3.33. The molecule has 3 N–H and O–H groups in total. The predicted octanol–water partition coefficient (Wildman–Crippen LogP) is 0.789. The summed E-state index contributed by atoms with van der Waals surface area (Å²) >= 11 is 0. The molecule has 0 aliphatic carbocycles. The van der Waals surface area contributed by atoms with E-state index in [1.54, 1.807) is 33.3 Å². The summed E-state index contributed by atoms with van der Waals surface area (Å²) in [5, 5.41) is 2.63. The Bertz CT molecular complexity index is 528. The standard InChI is InChI=1S/C15H24N4O2/c1-10(14(20)17-2)9-19(5)13-7-6-11(8-12(13)16)15(21)18(3)4/h6-8,10H,9,16H2,1-5H3,(H,17,20). The van der Waals surface area contributed by atoms with Crippen LogP contribution in [-0.4, -0.2) is 51.4 Å². The summed E-state index contributed by atoms with van der Waals surface area (Å²) in [6, 6.07) is 5.22. The van der Waals surface area contributed by atoms with Crippen LogP contribution < -0.4 is 16.0 Å². The molecule has 0 radical (unpaired) electrons. The molecule has 21 heavy (non-hydrogen) atoms. The van der Waals surface area contributed by atoms with Crippen molar-refractivity contribution in [3.8, 4) is 0 Å². The molecule has 2 amide bonds. The van der Waals surface area contributed by atoms with E-state index < -0.39 is 0 Å². The second-order valence-corrected chi connectivity index (χ2v) is 5.37. The minimum absolute atomic E-state index is 0.0140. The maximum absolute atomic E-state index is 11.9. The van der Waals surface area contributed by atoms with Crippen molar-refractivity contribution >= 4 is 23.2 Å². The van der Waals surface area contributed by atoms with E-state index in [0.717, 1.165) is 5.69 Å². The first-order valence-corrected chi connectivity index (χ1v) is 6.81. The average molecular weight is 292 g/mol. The molecule has 0 aliphatic rings. The van der Waals surface area contributed by atoms with E-state index >= 15 is 0 Å². The van der Waals surface area contributed by atoms with E-state index in [2.05, 4.69) is 5.32 Å². The quantitative estimate of drug-likeness (QED) is 0.786.